The second-order valence-electron chi connectivity index (χ2n) is 6.74. The lowest BCUT2D eigenvalue weighted by atomic mass is 10.2. The summed E-state index contributed by atoms with van der Waals surface area (Å²) in [6.45, 7) is 1.45. The van der Waals surface area contributed by atoms with Crippen molar-refractivity contribution in [1.29, 1.82) is 0 Å². The normalized spacial score (nSPS) is 10.6. The fourth-order valence-electron chi connectivity index (χ4n) is 2.80. The van der Waals surface area contributed by atoms with Crippen molar-refractivity contribution in [3.8, 4) is 17.1 Å². The highest BCUT2D eigenvalue weighted by atomic mass is 16.5. The molecule has 0 saturated carbocycles. The predicted octanol–water partition coefficient (Wildman–Crippen LogP) is 1.54. The highest BCUT2D eigenvalue weighted by Gasteiger charge is 2.10. The van der Waals surface area contributed by atoms with Crippen molar-refractivity contribution < 1.29 is 14.3 Å². The first kappa shape index (κ1) is 22.1. The van der Waals surface area contributed by atoms with E-state index >= 15 is 0 Å². The molecule has 3 aromatic rings. The number of H-pyrrole nitrogens is 1. The van der Waals surface area contributed by atoms with Crippen LogP contribution in [-0.4, -0.2) is 52.9 Å². The standard InChI is InChI=1S/C22H25N5O4/c1-30-14-15-31-18-7-5-16(6-8-18)21-25-22(29)19(26-27-21)9-10-20(28)24-13-11-17-4-2-3-12-23-17/h2-8,12H,9-11,13-15H2,1H3,(H,24,28)(H,25,27,29). The van der Waals surface area contributed by atoms with Crippen LogP contribution in [-0.2, 0) is 22.4 Å². The van der Waals surface area contributed by atoms with E-state index in [4.69, 9.17) is 9.47 Å². The minimum Gasteiger partial charge on any atom is -0.491 e. The minimum atomic E-state index is -0.355. The molecule has 1 aromatic carbocycles. The number of aromatic nitrogens is 4. The van der Waals surface area contributed by atoms with E-state index in [1.54, 1.807) is 37.6 Å². The van der Waals surface area contributed by atoms with Crippen LogP contribution < -0.4 is 15.6 Å². The average molecular weight is 423 g/mol. The number of hydrogen-bond donors (Lipinski definition) is 2. The molecule has 0 radical (unpaired) electrons. The predicted molar refractivity (Wildman–Crippen MR) is 115 cm³/mol. The number of carbonyl (C=O) groups is 1. The van der Waals surface area contributed by atoms with Gasteiger partial charge in [0.15, 0.2) is 5.82 Å². The summed E-state index contributed by atoms with van der Waals surface area (Å²) in [6, 6.07) is 12.8. The largest absolute Gasteiger partial charge is 0.491 e. The molecule has 0 bridgehead atoms. The van der Waals surface area contributed by atoms with Gasteiger partial charge < -0.3 is 19.8 Å². The molecule has 0 atom stereocenters. The maximum atomic E-state index is 12.3. The maximum absolute atomic E-state index is 12.3. The number of ether oxygens (including phenoxy) is 2. The summed E-state index contributed by atoms with van der Waals surface area (Å²) < 4.78 is 10.5. The Morgan fingerprint density at radius 3 is 2.61 bits per heavy atom. The van der Waals surface area contributed by atoms with Gasteiger partial charge >= 0.3 is 0 Å². The molecule has 1 amide bonds. The third-order valence-corrected chi connectivity index (χ3v) is 4.47. The van der Waals surface area contributed by atoms with Crippen molar-refractivity contribution in [3.05, 3.63) is 70.4 Å². The quantitative estimate of drug-likeness (QED) is 0.449. The van der Waals surface area contributed by atoms with Crippen molar-refractivity contribution in [2.75, 3.05) is 26.9 Å². The number of nitrogens with one attached hydrogen (secondary N) is 2. The highest BCUT2D eigenvalue weighted by Crippen LogP contribution is 2.18. The zero-order valence-electron chi connectivity index (χ0n) is 17.3. The lowest BCUT2D eigenvalue weighted by Gasteiger charge is -2.07. The van der Waals surface area contributed by atoms with Crippen LogP contribution >= 0.6 is 0 Å². The molecular formula is C22H25N5O4. The van der Waals surface area contributed by atoms with Gasteiger partial charge in [-0.1, -0.05) is 6.07 Å². The van der Waals surface area contributed by atoms with Gasteiger partial charge in [-0.05, 0) is 36.4 Å². The Morgan fingerprint density at radius 2 is 1.90 bits per heavy atom. The number of aromatic amines is 1. The van der Waals surface area contributed by atoms with Gasteiger partial charge in [-0.15, -0.1) is 10.2 Å². The Labute approximate surface area is 179 Å². The molecule has 9 nitrogen and oxygen atoms in total. The Kier molecular flexibility index (Phi) is 8.24. The van der Waals surface area contributed by atoms with E-state index in [1.165, 1.54) is 0 Å². The molecule has 2 aromatic heterocycles. The summed E-state index contributed by atoms with van der Waals surface area (Å²) in [5.74, 6) is 0.907. The molecule has 0 aliphatic carbocycles. The zero-order chi connectivity index (χ0) is 21.9. The van der Waals surface area contributed by atoms with Crippen LogP contribution in [0.15, 0.2) is 53.5 Å². The zero-order valence-corrected chi connectivity index (χ0v) is 17.3. The van der Waals surface area contributed by atoms with Crippen molar-refractivity contribution >= 4 is 5.91 Å². The summed E-state index contributed by atoms with van der Waals surface area (Å²) in [5.41, 5.74) is 1.49. The van der Waals surface area contributed by atoms with Crippen LogP contribution in [0.5, 0.6) is 5.75 Å². The molecule has 0 unspecified atom stereocenters. The van der Waals surface area contributed by atoms with Crippen molar-refractivity contribution in [1.82, 2.24) is 25.5 Å². The van der Waals surface area contributed by atoms with Crippen LogP contribution in [0, 0.1) is 0 Å². The summed E-state index contributed by atoms with van der Waals surface area (Å²) in [6.07, 6.45) is 2.74. The number of nitrogens with zero attached hydrogens (tertiary/aromatic N) is 3. The van der Waals surface area contributed by atoms with Crippen molar-refractivity contribution in [2.45, 2.75) is 19.3 Å². The van der Waals surface area contributed by atoms with E-state index in [1.807, 2.05) is 18.2 Å². The second kappa shape index (κ2) is 11.6. The van der Waals surface area contributed by atoms with E-state index in [0.717, 1.165) is 5.69 Å². The van der Waals surface area contributed by atoms with Gasteiger partial charge in [-0.3, -0.25) is 14.6 Å². The topological polar surface area (TPSA) is 119 Å². The first-order valence-corrected chi connectivity index (χ1v) is 10.0. The van der Waals surface area contributed by atoms with E-state index in [0.29, 0.717) is 43.3 Å². The molecule has 3 rings (SSSR count). The number of aryl methyl sites for hydroxylation is 1. The lowest BCUT2D eigenvalue weighted by Crippen LogP contribution is -2.27. The maximum Gasteiger partial charge on any atom is 0.273 e. The van der Waals surface area contributed by atoms with Crippen molar-refractivity contribution in [2.24, 2.45) is 0 Å². The molecular weight excluding hydrogens is 398 g/mol. The third-order valence-electron chi connectivity index (χ3n) is 4.47. The second-order valence-corrected chi connectivity index (χ2v) is 6.74. The third kappa shape index (κ3) is 7.00. The monoisotopic (exact) mass is 423 g/mol. The molecule has 0 spiro atoms. The number of benzene rings is 1. The number of carbonyl (C=O) groups excluding carboxylic acids is 1. The number of rotatable bonds is 11. The molecule has 0 aliphatic rings. The van der Waals surface area contributed by atoms with E-state index in [9.17, 15) is 9.59 Å². The fourth-order valence-corrected chi connectivity index (χ4v) is 2.80. The van der Waals surface area contributed by atoms with Gasteiger partial charge in [0.1, 0.15) is 18.1 Å². The van der Waals surface area contributed by atoms with Crippen molar-refractivity contribution in [3.63, 3.8) is 0 Å². The Morgan fingerprint density at radius 1 is 1.06 bits per heavy atom. The Hall–Kier alpha value is -3.59. The summed E-state index contributed by atoms with van der Waals surface area (Å²) >= 11 is 0. The van der Waals surface area contributed by atoms with Crippen LogP contribution in [0.1, 0.15) is 17.8 Å². The van der Waals surface area contributed by atoms with Crippen LogP contribution in [0.3, 0.4) is 0 Å². The molecule has 0 saturated heterocycles. The first-order valence-electron chi connectivity index (χ1n) is 10.0. The van der Waals surface area contributed by atoms with Gasteiger partial charge in [-0.2, -0.15) is 0 Å². The number of hydrogen-bond acceptors (Lipinski definition) is 7. The smallest absolute Gasteiger partial charge is 0.273 e. The van der Waals surface area contributed by atoms with E-state index in [-0.39, 0.29) is 30.0 Å². The fraction of sp³-hybridized carbons (Fsp3) is 0.318. The van der Waals surface area contributed by atoms with E-state index in [2.05, 4.69) is 25.5 Å². The van der Waals surface area contributed by atoms with Crippen LogP contribution in [0.2, 0.25) is 0 Å². The van der Waals surface area contributed by atoms with E-state index < -0.39 is 0 Å². The van der Waals surface area contributed by atoms with Gasteiger partial charge in [0.2, 0.25) is 5.91 Å². The highest BCUT2D eigenvalue weighted by molar-refractivity contribution is 5.76. The Balaban J connectivity index is 1.48. The summed E-state index contributed by atoms with van der Waals surface area (Å²) in [7, 11) is 1.61. The van der Waals surface area contributed by atoms with Gasteiger partial charge in [0.25, 0.3) is 5.56 Å². The summed E-state index contributed by atoms with van der Waals surface area (Å²) in [4.78, 5) is 31.3. The van der Waals surface area contributed by atoms with Crippen LogP contribution in [0.25, 0.3) is 11.4 Å². The lowest BCUT2D eigenvalue weighted by molar-refractivity contribution is -0.121. The molecule has 31 heavy (non-hydrogen) atoms. The molecule has 2 N–H and O–H groups in total. The molecule has 0 aliphatic heterocycles. The summed E-state index contributed by atoms with van der Waals surface area (Å²) in [5, 5.41) is 10.9. The minimum absolute atomic E-state index is 0.148. The number of amides is 1. The van der Waals surface area contributed by atoms with Gasteiger partial charge in [-0.25, -0.2) is 0 Å². The number of pyridine rings is 1. The van der Waals surface area contributed by atoms with Crippen LogP contribution in [0.4, 0.5) is 0 Å². The van der Waals surface area contributed by atoms with Gasteiger partial charge in [0.05, 0.1) is 6.61 Å². The number of methoxy groups -OCH3 is 1. The molecule has 162 valence electrons. The molecule has 9 heteroatoms. The molecule has 0 fully saturated rings. The first-order chi connectivity index (χ1) is 15.2. The van der Waals surface area contributed by atoms with Gasteiger partial charge in [0, 0.05) is 50.4 Å². The SMILES string of the molecule is COCCOc1ccc(-c2nnc(CCC(=O)NCCc3ccccn3)c(=O)[nH]2)cc1. The molecule has 2 heterocycles. The average Bonchev–Trinajstić information content (AvgIpc) is 2.79. The Bertz CT molecular complexity index is 1020.